The number of nitrogens with one attached hydrogen (secondary N) is 1. The Morgan fingerprint density at radius 2 is 0.576 bits per heavy atom. The van der Waals surface area contributed by atoms with Crippen LogP contribution in [0.5, 0.6) is 0 Å². The molecular formula is C50H31N5O4. The standard InChI is InChI=1S/C50H31N5O4/c56-47-43-44(48(57)51-47)46-45(43)49(58)55(50(46)59)42-26-40(53-35-21-9-3-15-29(35)30-16-4-10-22-36(30)53)39(52-33-19-7-1-13-27(33)28-14-2-8-20-34(28)52)25-41(42)54-37-23-11-5-17-31(37)32-18-6-12-24-38(32)54/h1-26,43-46H,(H,51,56,57). The molecular weight excluding hydrogens is 735 g/mol. The van der Waals surface area contributed by atoms with Gasteiger partial charge < -0.3 is 13.7 Å². The molecule has 5 heterocycles. The lowest BCUT2D eigenvalue weighted by molar-refractivity contribution is -0.146. The molecule has 9 nitrogen and oxygen atoms in total. The Morgan fingerprint density at radius 3 is 0.881 bits per heavy atom. The summed E-state index contributed by atoms with van der Waals surface area (Å²) >= 11 is 0. The van der Waals surface area contributed by atoms with Crippen LogP contribution in [0.3, 0.4) is 0 Å². The number of hydrogen-bond donors (Lipinski definition) is 1. The van der Waals surface area contributed by atoms with Crippen LogP contribution in [-0.4, -0.2) is 37.3 Å². The number of aromatic nitrogens is 3. The molecule has 3 aliphatic rings. The summed E-state index contributed by atoms with van der Waals surface area (Å²) in [4.78, 5) is 57.2. The monoisotopic (exact) mass is 765 g/mol. The smallest absolute Gasteiger partial charge is 0.238 e. The van der Waals surface area contributed by atoms with E-state index >= 15 is 0 Å². The fraction of sp³-hybridized carbons (Fsp3) is 0.0800. The fourth-order valence-corrected chi connectivity index (χ4v) is 10.8. The van der Waals surface area contributed by atoms with Gasteiger partial charge in [-0.05, 0) is 48.5 Å². The molecule has 0 bridgehead atoms. The zero-order valence-corrected chi connectivity index (χ0v) is 31.2. The third kappa shape index (κ3) is 4.03. The topological polar surface area (TPSA) is 98.3 Å². The molecule has 3 fully saturated rings. The van der Waals surface area contributed by atoms with E-state index in [4.69, 9.17) is 0 Å². The Kier molecular flexibility index (Phi) is 6.26. The minimum Gasteiger partial charge on any atom is -0.307 e. The van der Waals surface area contributed by atoms with Gasteiger partial charge in [-0.3, -0.25) is 24.5 Å². The lowest BCUT2D eigenvalue weighted by Crippen LogP contribution is -2.50. The molecule has 3 aromatic heterocycles. The van der Waals surface area contributed by atoms with Crippen molar-refractivity contribution in [3.05, 3.63) is 158 Å². The van der Waals surface area contributed by atoms with E-state index in [2.05, 4.69) is 110 Å². The van der Waals surface area contributed by atoms with Crippen LogP contribution in [0.2, 0.25) is 0 Å². The molecule has 1 saturated carbocycles. The van der Waals surface area contributed by atoms with Gasteiger partial charge in [0, 0.05) is 32.3 Å². The van der Waals surface area contributed by atoms with Crippen LogP contribution in [0.4, 0.5) is 5.69 Å². The molecule has 4 unspecified atom stereocenters. The van der Waals surface area contributed by atoms with E-state index < -0.39 is 47.3 Å². The second-order valence-corrected chi connectivity index (χ2v) is 15.9. The molecule has 4 amide bonds. The van der Waals surface area contributed by atoms with E-state index in [0.29, 0.717) is 11.4 Å². The first-order chi connectivity index (χ1) is 29.0. The van der Waals surface area contributed by atoms with Gasteiger partial charge in [-0.2, -0.15) is 0 Å². The Bertz CT molecular complexity index is 3370. The molecule has 4 atom stereocenters. The second kappa shape index (κ2) is 11.4. The number of carbonyl (C=O) groups is 4. The van der Waals surface area contributed by atoms with Gasteiger partial charge in [0.15, 0.2) is 0 Å². The molecule has 0 spiro atoms. The Morgan fingerprint density at radius 1 is 0.322 bits per heavy atom. The van der Waals surface area contributed by atoms with E-state index in [9.17, 15) is 19.2 Å². The van der Waals surface area contributed by atoms with Gasteiger partial charge in [0.25, 0.3) is 0 Å². The Balaban J connectivity index is 1.22. The van der Waals surface area contributed by atoms with Gasteiger partial charge >= 0.3 is 0 Å². The quantitative estimate of drug-likeness (QED) is 0.181. The van der Waals surface area contributed by atoms with Crippen LogP contribution in [-0.2, 0) is 19.2 Å². The van der Waals surface area contributed by atoms with Crippen LogP contribution >= 0.6 is 0 Å². The van der Waals surface area contributed by atoms with Crippen molar-refractivity contribution in [3.63, 3.8) is 0 Å². The number of anilines is 1. The number of fused-ring (bicyclic) bond motifs is 13. The maximum Gasteiger partial charge on any atom is 0.238 e. The van der Waals surface area contributed by atoms with Crippen LogP contribution in [0.15, 0.2) is 158 Å². The summed E-state index contributed by atoms with van der Waals surface area (Å²) < 4.78 is 6.66. The fourth-order valence-electron chi connectivity index (χ4n) is 10.8. The molecule has 59 heavy (non-hydrogen) atoms. The molecule has 9 heteroatoms. The van der Waals surface area contributed by atoms with Crippen molar-refractivity contribution in [1.29, 1.82) is 0 Å². The lowest BCUT2D eigenvalue weighted by Gasteiger charge is -2.36. The molecule has 1 aliphatic carbocycles. The van der Waals surface area contributed by atoms with Crippen molar-refractivity contribution in [1.82, 2.24) is 19.0 Å². The van der Waals surface area contributed by atoms with Crippen LogP contribution in [0, 0.1) is 23.7 Å². The summed E-state index contributed by atoms with van der Waals surface area (Å²) in [5, 5.41) is 8.74. The normalized spacial score (nSPS) is 20.1. The van der Waals surface area contributed by atoms with E-state index in [1.165, 1.54) is 4.90 Å². The van der Waals surface area contributed by atoms with Gasteiger partial charge in [0.1, 0.15) is 0 Å². The minimum atomic E-state index is -0.918. The highest BCUT2D eigenvalue weighted by Gasteiger charge is 2.72. The van der Waals surface area contributed by atoms with Gasteiger partial charge in [-0.1, -0.05) is 109 Å². The highest BCUT2D eigenvalue weighted by molar-refractivity contribution is 6.29. The highest BCUT2D eigenvalue weighted by Crippen LogP contribution is 2.56. The molecule has 1 N–H and O–H groups in total. The van der Waals surface area contributed by atoms with Crippen molar-refractivity contribution in [2.45, 2.75) is 0 Å². The Labute approximate surface area is 335 Å². The molecule has 13 rings (SSSR count). The number of amides is 4. The summed E-state index contributed by atoms with van der Waals surface area (Å²) in [5.74, 6) is -5.47. The first-order valence-corrected chi connectivity index (χ1v) is 19.9. The molecule has 2 saturated heterocycles. The highest BCUT2D eigenvalue weighted by atomic mass is 16.2. The summed E-state index contributed by atoms with van der Waals surface area (Å²) in [6.07, 6.45) is 0. The van der Waals surface area contributed by atoms with Crippen molar-refractivity contribution >= 4 is 94.7 Å². The number of para-hydroxylation sites is 6. The van der Waals surface area contributed by atoms with Gasteiger partial charge in [-0.15, -0.1) is 0 Å². The second-order valence-electron chi connectivity index (χ2n) is 15.9. The predicted octanol–water partition coefficient (Wildman–Crippen LogP) is 8.99. The number of carbonyl (C=O) groups excluding carboxylic acids is 4. The van der Waals surface area contributed by atoms with Crippen LogP contribution in [0.25, 0.3) is 82.5 Å². The zero-order valence-electron chi connectivity index (χ0n) is 31.2. The number of rotatable bonds is 4. The van der Waals surface area contributed by atoms with Crippen molar-refractivity contribution in [2.24, 2.45) is 23.7 Å². The largest absolute Gasteiger partial charge is 0.307 e. The summed E-state index contributed by atoms with van der Waals surface area (Å²) in [6.45, 7) is 0. The van der Waals surface area contributed by atoms with Gasteiger partial charge in [-0.25, -0.2) is 4.90 Å². The Hall–Kier alpha value is -7.78. The average molecular weight is 766 g/mol. The number of nitrogens with zero attached hydrogens (tertiary/aromatic N) is 4. The molecule has 7 aromatic carbocycles. The van der Waals surface area contributed by atoms with Crippen molar-refractivity contribution < 1.29 is 19.2 Å². The summed E-state index contributed by atoms with van der Waals surface area (Å²) in [5.41, 5.74) is 8.32. The van der Waals surface area contributed by atoms with E-state index in [-0.39, 0.29) is 0 Å². The first kappa shape index (κ1) is 32.3. The number of imide groups is 2. The van der Waals surface area contributed by atoms with Crippen LogP contribution in [0.1, 0.15) is 0 Å². The molecule has 10 aromatic rings. The van der Waals surface area contributed by atoms with E-state index in [1.54, 1.807) is 0 Å². The third-order valence-electron chi connectivity index (χ3n) is 13.2. The zero-order chi connectivity index (χ0) is 39.3. The lowest BCUT2D eigenvalue weighted by atomic mass is 9.59. The summed E-state index contributed by atoms with van der Waals surface area (Å²) in [7, 11) is 0. The average Bonchev–Trinajstić information content (AvgIpc) is 3.99. The van der Waals surface area contributed by atoms with Gasteiger partial charge in [0.2, 0.25) is 23.6 Å². The van der Waals surface area contributed by atoms with Crippen LogP contribution < -0.4 is 10.2 Å². The third-order valence-corrected chi connectivity index (χ3v) is 13.2. The summed E-state index contributed by atoms with van der Waals surface area (Å²) in [6, 6.07) is 53.7. The van der Waals surface area contributed by atoms with E-state index in [0.717, 1.165) is 76.8 Å². The molecule has 2 aliphatic heterocycles. The van der Waals surface area contributed by atoms with Gasteiger partial charge in [0.05, 0.1) is 79.5 Å². The predicted molar refractivity (Wildman–Crippen MR) is 229 cm³/mol. The van der Waals surface area contributed by atoms with Crippen molar-refractivity contribution in [2.75, 3.05) is 4.90 Å². The molecule has 0 radical (unpaired) electrons. The maximum atomic E-state index is 14.9. The maximum absolute atomic E-state index is 14.9. The number of hydrogen-bond acceptors (Lipinski definition) is 4. The first-order valence-electron chi connectivity index (χ1n) is 19.9. The van der Waals surface area contributed by atoms with E-state index in [1.807, 2.05) is 66.7 Å². The van der Waals surface area contributed by atoms with Crippen molar-refractivity contribution in [3.8, 4) is 17.1 Å². The number of benzene rings is 7. The molecule has 280 valence electrons. The minimum absolute atomic E-state index is 0.383. The SMILES string of the molecule is O=C1NC(=O)C2C1C1C(=O)N(c3cc(-n4c5ccccc5c5ccccc54)c(-n4c5ccccc5c5ccccc54)cc3-n3c4ccccc4c4ccccc43)C(=O)C21.